The van der Waals surface area contributed by atoms with E-state index in [1.165, 1.54) is 24.3 Å². The monoisotopic (exact) mass is 513 g/mol. The van der Waals surface area contributed by atoms with Gasteiger partial charge in [0.25, 0.3) is 0 Å². The molecule has 0 fully saturated rings. The number of hydrogen-bond acceptors (Lipinski definition) is 5. The lowest BCUT2D eigenvalue weighted by atomic mass is 9.93. The van der Waals surface area contributed by atoms with Gasteiger partial charge in [-0.2, -0.15) is 13.2 Å². The van der Waals surface area contributed by atoms with Crippen LogP contribution in [0.3, 0.4) is 0 Å². The fourth-order valence-corrected chi connectivity index (χ4v) is 3.52. The number of benzene rings is 2. The van der Waals surface area contributed by atoms with E-state index in [2.05, 4.69) is 4.74 Å². The highest BCUT2D eigenvalue weighted by Gasteiger charge is 2.35. The van der Waals surface area contributed by atoms with Crippen LogP contribution in [0.5, 0.6) is 11.5 Å². The summed E-state index contributed by atoms with van der Waals surface area (Å²) in [6, 6.07) is 9.05. The first-order valence-corrected chi connectivity index (χ1v) is 10.7. The van der Waals surface area contributed by atoms with Crippen LogP contribution in [0.15, 0.2) is 42.5 Å². The Bertz CT molecular complexity index is 925. The van der Waals surface area contributed by atoms with Crippen LogP contribution in [0.1, 0.15) is 29.5 Å². The Balaban J connectivity index is 1.99. The second-order valence-electron chi connectivity index (χ2n) is 7.81. The van der Waals surface area contributed by atoms with E-state index in [-0.39, 0.29) is 57.0 Å². The van der Waals surface area contributed by atoms with Crippen LogP contribution < -0.4 is 15.2 Å². The van der Waals surface area contributed by atoms with Gasteiger partial charge >= 0.3 is 12.5 Å². The number of ether oxygens (including phenoxy) is 2. The molecular weight excluding hydrogens is 487 g/mol. The molecule has 0 spiro atoms. The third-order valence-electron chi connectivity index (χ3n) is 4.95. The van der Waals surface area contributed by atoms with Gasteiger partial charge in [-0.05, 0) is 61.1 Å². The van der Waals surface area contributed by atoms with E-state index in [4.69, 9.17) is 15.0 Å². The lowest BCUT2D eigenvalue weighted by Gasteiger charge is -2.26. The van der Waals surface area contributed by atoms with Gasteiger partial charge in [-0.1, -0.05) is 18.2 Å². The molecule has 0 saturated heterocycles. The molecule has 2 aromatic rings. The highest BCUT2D eigenvalue weighted by atomic mass is 31.0. The molecule has 5 nitrogen and oxygen atoms in total. The highest BCUT2D eigenvalue weighted by molar-refractivity contribution is 7.09. The smallest absolute Gasteiger partial charge is 0.493 e. The van der Waals surface area contributed by atoms with Crippen LogP contribution in [-0.4, -0.2) is 36.8 Å². The molecule has 12 heteroatoms. The van der Waals surface area contributed by atoms with Crippen molar-refractivity contribution in [1.29, 1.82) is 0 Å². The molecule has 0 aliphatic carbocycles. The second kappa shape index (κ2) is 12.1. The molecule has 3 N–H and O–H groups in total. The van der Waals surface area contributed by atoms with Gasteiger partial charge in [0.15, 0.2) is 0 Å². The second-order valence-corrected chi connectivity index (χ2v) is 8.14. The van der Waals surface area contributed by atoms with Crippen LogP contribution in [-0.2, 0) is 23.5 Å². The minimum absolute atomic E-state index is 0.0206. The molecule has 0 bridgehead atoms. The third-order valence-corrected chi connectivity index (χ3v) is 5.11. The molecular formula is C22H26F6NO4P. The quantitative estimate of drug-likeness (QED) is 0.236. The fourth-order valence-electron chi connectivity index (χ4n) is 3.19. The molecule has 190 valence electrons. The van der Waals surface area contributed by atoms with E-state index in [0.717, 1.165) is 12.1 Å². The van der Waals surface area contributed by atoms with Crippen molar-refractivity contribution in [2.45, 2.75) is 43.8 Å². The van der Waals surface area contributed by atoms with Gasteiger partial charge in [-0.25, -0.2) is 0 Å². The summed E-state index contributed by atoms with van der Waals surface area (Å²) in [5, 5.41) is 9.42. The zero-order chi connectivity index (χ0) is 25.4. The van der Waals surface area contributed by atoms with Crippen molar-refractivity contribution in [1.82, 2.24) is 0 Å². The van der Waals surface area contributed by atoms with Crippen molar-refractivity contribution in [2.75, 3.05) is 19.8 Å². The molecule has 0 aromatic heterocycles. The lowest BCUT2D eigenvalue weighted by molar-refractivity contribution is -0.274. The van der Waals surface area contributed by atoms with Crippen molar-refractivity contribution in [3.05, 3.63) is 59.2 Å². The summed E-state index contributed by atoms with van der Waals surface area (Å²) < 4.78 is 91.8. The zero-order valence-corrected chi connectivity index (χ0v) is 19.2. The van der Waals surface area contributed by atoms with E-state index < -0.39 is 23.6 Å². The van der Waals surface area contributed by atoms with E-state index >= 15 is 0 Å². The Kier molecular flexibility index (Phi) is 9.99. The Morgan fingerprint density at radius 2 is 1.65 bits per heavy atom. The summed E-state index contributed by atoms with van der Waals surface area (Å²) in [7, 11) is 2.01. The number of nitrogens with two attached hydrogens (primary N) is 1. The maximum atomic E-state index is 13.6. The van der Waals surface area contributed by atoms with Crippen molar-refractivity contribution >= 4 is 9.47 Å². The van der Waals surface area contributed by atoms with Crippen molar-refractivity contribution < 1.29 is 45.4 Å². The Labute approximate surface area is 195 Å². The minimum Gasteiger partial charge on any atom is -0.493 e. The Morgan fingerprint density at radius 3 is 2.26 bits per heavy atom. The molecule has 2 rings (SSSR count). The summed E-state index contributed by atoms with van der Waals surface area (Å²) in [6.07, 6.45) is -8.53. The summed E-state index contributed by atoms with van der Waals surface area (Å²) in [4.78, 5) is 0. The number of halogens is 6. The maximum Gasteiger partial charge on any atom is 0.573 e. The maximum absolute atomic E-state index is 13.6. The standard InChI is InChI=1S/C22H26F6NO4P/c23-21(24,25)18-12-16(8-9-20(29,13-30)14-32-34)6-7-19(18)31-10-2-4-15-3-1-5-17(11-15)33-22(26,27)28/h1,3,5-7,11-12,30H,2,4,8-10,13-14,29,34H2. The van der Waals surface area contributed by atoms with Crippen LogP contribution in [0.4, 0.5) is 26.3 Å². The Morgan fingerprint density at radius 1 is 0.941 bits per heavy atom. The van der Waals surface area contributed by atoms with Crippen LogP contribution in [0.25, 0.3) is 0 Å². The first kappa shape index (κ1) is 28.2. The van der Waals surface area contributed by atoms with Crippen LogP contribution >= 0.6 is 9.47 Å². The summed E-state index contributed by atoms with van der Waals surface area (Å²) in [5.74, 6) is -0.715. The van der Waals surface area contributed by atoms with E-state index in [0.29, 0.717) is 11.1 Å². The SMILES string of the molecule is NC(CO)(CCc1ccc(OCCCc2cccc(OC(F)(F)F)c2)c(C(F)(F)F)c1)COP. The Hall–Kier alpha value is -2.07. The van der Waals surface area contributed by atoms with Gasteiger partial charge < -0.3 is 24.8 Å². The molecule has 2 atom stereocenters. The summed E-state index contributed by atoms with van der Waals surface area (Å²) in [5.41, 5.74) is 4.85. The molecule has 0 aliphatic heterocycles. The number of aryl methyl sites for hydroxylation is 2. The molecule has 0 aliphatic rings. The fraction of sp³-hybridized carbons (Fsp3) is 0.455. The average Bonchev–Trinajstić information content (AvgIpc) is 2.74. The van der Waals surface area contributed by atoms with E-state index in [1.807, 2.05) is 9.47 Å². The lowest BCUT2D eigenvalue weighted by Crippen LogP contribution is -2.47. The van der Waals surface area contributed by atoms with Crippen molar-refractivity contribution in [2.24, 2.45) is 5.73 Å². The summed E-state index contributed by atoms with van der Waals surface area (Å²) in [6.45, 7) is -0.443. The topological polar surface area (TPSA) is 73.9 Å². The summed E-state index contributed by atoms with van der Waals surface area (Å²) >= 11 is 0. The number of rotatable bonds is 12. The molecule has 0 heterocycles. The van der Waals surface area contributed by atoms with Gasteiger partial charge in [0.2, 0.25) is 0 Å². The minimum atomic E-state index is -4.81. The van der Waals surface area contributed by atoms with Crippen LogP contribution in [0, 0.1) is 0 Å². The molecule has 0 saturated carbocycles. The third kappa shape index (κ3) is 9.29. The number of aliphatic hydroxyl groups is 1. The van der Waals surface area contributed by atoms with E-state index in [9.17, 15) is 31.4 Å². The van der Waals surface area contributed by atoms with Gasteiger partial charge in [0, 0.05) is 9.47 Å². The van der Waals surface area contributed by atoms with Gasteiger partial charge in [-0.3, -0.25) is 0 Å². The molecule has 2 aromatic carbocycles. The highest BCUT2D eigenvalue weighted by Crippen LogP contribution is 2.37. The first-order chi connectivity index (χ1) is 15.8. The number of hydrogen-bond donors (Lipinski definition) is 2. The first-order valence-electron chi connectivity index (χ1n) is 10.2. The molecule has 0 radical (unpaired) electrons. The van der Waals surface area contributed by atoms with Gasteiger partial charge in [0.05, 0.1) is 30.9 Å². The van der Waals surface area contributed by atoms with E-state index in [1.54, 1.807) is 6.07 Å². The van der Waals surface area contributed by atoms with Gasteiger partial charge in [0.1, 0.15) is 11.5 Å². The molecule has 2 unspecified atom stereocenters. The normalized spacial score (nSPS) is 14.0. The average molecular weight is 513 g/mol. The predicted molar refractivity (Wildman–Crippen MR) is 116 cm³/mol. The number of alkyl halides is 6. The van der Waals surface area contributed by atoms with Gasteiger partial charge in [-0.15, -0.1) is 13.2 Å². The van der Waals surface area contributed by atoms with Crippen LogP contribution in [0.2, 0.25) is 0 Å². The predicted octanol–water partition coefficient (Wildman–Crippen LogP) is 5.04. The van der Waals surface area contributed by atoms with Crippen molar-refractivity contribution in [3.8, 4) is 11.5 Å². The molecule has 34 heavy (non-hydrogen) atoms. The molecule has 0 amide bonds. The zero-order valence-electron chi connectivity index (χ0n) is 18.1. The number of aliphatic hydroxyl groups excluding tert-OH is 1. The largest absolute Gasteiger partial charge is 0.573 e. The van der Waals surface area contributed by atoms with Crippen molar-refractivity contribution in [3.63, 3.8) is 0 Å².